The normalized spacial score (nSPS) is 11.8. The molecule has 0 saturated heterocycles. The van der Waals surface area contributed by atoms with Gasteiger partial charge >= 0.3 is 0 Å². The summed E-state index contributed by atoms with van der Waals surface area (Å²) in [5, 5.41) is 4.68. The van der Waals surface area contributed by atoms with Crippen molar-refractivity contribution in [2.45, 2.75) is 33.1 Å². The summed E-state index contributed by atoms with van der Waals surface area (Å²) >= 11 is 2.28. The van der Waals surface area contributed by atoms with Crippen molar-refractivity contribution in [2.24, 2.45) is 0 Å². The van der Waals surface area contributed by atoms with Gasteiger partial charge in [0, 0.05) is 5.41 Å². The zero-order valence-electron chi connectivity index (χ0n) is 11.2. The van der Waals surface area contributed by atoms with Crippen LogP contribution in [0.1, 0.15) is 32.0 Å². The summed E-state index contributed by atoms with van der Waals surface area (Å²) in [5.41, 5.74) is 9.44. The van der Waals surface area contributed by atoms with Crippen LogP contribution in [0.5, 0.6) is 0 Å². The van der Waals surface area contributed by atoms with E-state index in [1.54, 1.807) is 0 Å². The average molecular weight is 355 g/mol. The predicted octanol–water partition coefficient (Wildman–Crippen LogP) is 3.67. The highest BCUT2D eigenvalue weighted by Gasteiger charge is 2.24. The summed E-state index contributed by atoms with van der Waals surface area (Å²) in [6.07, 6.45) is 0. The van der Waals surface area contributed by atoms with Crippen LogP contribution < -0.4 is 5.73 Å². The van der Waals surface area contributed by atoms with E-state index in [1.165, 1.54) is 5.56 Å². The van der Waals surface area contributed by atoms with Gasteiger partial charge in [-0.3, -0.25) is 0 Å². The molecule has 96 valence electrons. The first-order chi connectivity index (χ1) is 8.30. The Labute approximate surface area is 122 Å². The van der Waals surface area contributed by atoms with Crippen LogP contribution in [-0.2, 0) is 5.41 Å². The minimum absolute atomic E-state index is 0.000279. The lowest BCUT2D eigenvalue weighted by Crippen LogP contribution is -2.14. The fraction of sp³-hybridized carbons (Fsp3) is 0.357. The van der Waals surface area contributed by atoms with Gasteiger partial charge in [0.2, 0.25) is 0 Å². The maximum Gasteiger partial charge on any atom is 0.141 e. The second kappa shape index (κ2) is 4.57. The molecule has 2 rings (SSSR count). The number of anilines is 1. The van der Waals surface area contributed by atoms with Gasteiger partial charge in [-0.25, -0.2) is 4.68 Å². The first-order valence-corrected chi connectivity index (χ1v) is 7.00. The van der Waals surface area contributed by atoms with Crippen LogP contribution >= 0.6 is 22.6 Å². The molecule has 0 amide bonds. The van der Waals surface area contributed by atoms with Crippen LogP contribution in [0.25, 0.3) is 5.69 Å². The van der Waals surface area contributed by atoms with Gasteiger partial charge in [0.25, 0.3) is 0 Å². The van der Waals surface area contributed by atoms with E-state index in [2.05, 4.69) is 67.5 Å². The Kier molecular flexibility index (Phi) is 3.40. The third-order valence-corrected chi connectivity index (χ3v) is 3.88. The van der Waals surface area contributed by atoms with E-state index < -0.39 is 0 Å². The molecule has 3 nitrogen and oxygen atoms in total. The number of nitrogen functional groups attached to an aromatic ring is 1. The topological polar surface area (TPSA) is 43.8 Å². The largest absolute Gasteiger partial charge is 0.383 e. The molecular formula is C14H18IN3. The van der Waals surface area contributed by atoms with Gasteiger partial charge in [-0.05, 0) is 47.2 Å². The van der Waals surface area contributed by atoms with Crippen molar-refractivity contribution in [3.63, 3.8) is 0 Å². The van der Waals surface area contributed by atoms with Crippen LogP contribution in [0.3, 0.4) is 0 Å². The van der Waals surface area contributed by atoms with E-state index in [9.17, 15) is 0 Å². The monoisotopic (exact) mass is 355 g/mol. The van der Waals surface area contributed by atoms with E-state index in [0.29, 0.717) is 5.82 Å². The number of hydrogen-bond donors (Lipinski definition) is 1. The summed E-state index contributed by atoms with van der Waals surface area (Å²) in [6.45, 7) is 8.52. The Balaban J connectivity index is 2.60. The molecule has 0 spiro atoms. The van der Waals surface area contributed by atoms with Gasteiger partial charge < -0.3 is 5.73 Å². The molecule has 1 aromatic carbocycles. The van der Waals surface area contributed by atoms with Crippen molar-refractivity contribution in [3.8, 4) is 5.69 Å². The van der Waals surface area contributed by atoms with Crippen molar-refractivity contribution < 1.29 is 0 Å². The van der Waals surface area contributed by atoms with Gasteiger partial charge in [-0.15, -0.1) is 0 Å². The number of hydrogen-bond acceptors (Lipinski definition) is 2. The van der Waals surface area contributed by atoms with Crippen LogP contribution in [0.4, 0.5) is 5.82 Å². The molecule has 0 fully saturated rings. The molecule has 4 heteroatoms. The average Bonchev–Trinajstić information content (AvgIpc) is 2.55. The van der Waals surface area contributed by atoms with Gasteiger partial charge in [0.15, 0.2) is 0 Å². The molecule has 2 N–H and O–H groups in total. The van der Waals surface area contributed by atoms with E-state index in [1.807, 2.05) is 16.8 Å². The molecule has 18 heavy (non-hydrogen) atoms. The van der Waals surface area contributed by atoms with Crippen molar-refractivity contribution in [1.82, 2.24) is 9.78 Å². The number of aromatic nitrogens is 2. The number of rotatable bonds is 1. The zero-order valence-corrected chi connectivity index (χ0v) is 13.3. The lowest BCUT2D eigenvalue weighted by atomic mass is 9.92. The Bertz CT molecular complexity index is 579. The standard InChI is InChI=1S/C14H18IN3/c1-9-6-5-7-10(8-9)18-13(16)11(15)12(17-18)14(2,3)4/h5-8H,16H2,1-4H3. The fourth-order valence-corrected chi connectivity index (χ4v) is 2.99. The molecule has 0 saturated carbocycles. The lowest BCUT2D eigenvalue weighted by Gasteiger charge is -2.15. The number of halogens is 1. The third-order valence-electron chi connectivity index (χ3n) is 2.82. The molecule has 0 bridgehead atoms. The highest BCUT2D eigenvalue weighted by Crippen LogP contribution is 2.31. The number of aryl methyl sites for hydroxylation is 1. The van der Waals surface area contributed by atoms with Crippen molar-refractivity contribution in [1.29, 1.82) is 0 Å². The minimum atomic E-state index is -0.000279. The molecule has 0 aliphatic heterocycles. The minimum Gasteiger partial charge on any atom is -0.383 e. The SMILES string of the molecule is Cc1cccc(-n2nc(C(C)(C)C)c(I)c2N)c1. The molecule has 0 aliphatic carbocycles. The van der Waals surface area contributed by atoms with Crippen LogP contribution in [0, 0.1) is 10.5 Å². The quantitative estimate of drug-likeness (QED) is 0.794. The van der Waals surface area contributed by atoms with Crippen LogP contribution in [0.15, 0.2) is 24.3 Å². The molecule has 0 radical (unpaired) electrons. The van der Waals surface area contributed by atoms with Crippen molar-refractivity contribution >= 4 is 28.4 Å². The second-order valence-corrected chi connectivity index (χ2v) is 6.63. The zero-order chi connectivity index (χ0) is 13.5. The highest BCUT2D eigenvalue weighted by atomic mass is 127. The number of nitrogens with two attached hydrogens (primary N) is 1. The molecule has 1 heterocycles. The van der Waals surface area contributed by atoms with Crippen molar-refractivity contribution in [2.75, 3.05) is 5.73 Å². The van der Waals surface area contributed by atoms with E-state index >= 15 is 0 Å². The summed E-state index contributed by atoms with van der Waals surface area (Å²) in [5.74, 6) is 0.714. The summed E-state index contributed by atoms with van der Waals surface area (Å²) in [4.78, 5) is 0. The smallest absolute Gasteiger partial charge is 0.141 e. The van der Waals surface area contributed by atoms with Crippen molar-refractivity contribution in [3.05, 3.63) is 39.1 Å². The van der Waals surface area contributed by atoms with Crippen LogP contribution in [0.2, 0.25) is 0 Å². The molecule has 0 unspecified atom stereocenters. The van der Waals surface area contributed by atoms with Crippen LogP contribution in [-0.4, -0.2) is 9.78 Å². The maximum absolute atomic E-state index is 6.18. The Morgan fingerprint density at radius 1 is 1.28 bits per heavy atom. The first kappa shape index (κ1) is 13.4. The summed E-state index contributed by atoms with van der Waals surface area (Å²) in [7, 11) is 0. The molecule has 2 aromatic rings. The summed E-state index contributed by atoms with van der Waals surface area (Å²) in [6, 6.07) is 8.21. The van der Waals surface area contributed by atoms with Gasteiger partial charge in [-0.2, -0.15) is 5.10 Å². The van der Waals surface area contributed by atoms with E-state index in [0.717, 1.165) is 15.0 Å². The Hall–Kier alpha value is -1.04. The second-order valence-electron chi connectivity index (χ2n) is 5.55. The van der Waals surface area contributed by atoms with Gasteiger partial charge in [-0.1, -0.05) is 32.9 Å². The predicted molar refractivity (Wildman–Crippen MR) is 84.1 cm³/mol. The lowest BCUT2D eigenvalue weighted by molar-refractivity contribution is 0.557. The Morgan fingerprint density at radius 2 is 1.94 bits per heavy atom. The number of nitrogens with zero attached hydrogens (tertiary/aromatic N) is 2. The molecule has 1 aromatic heterocycles. The first-order valence-electron chi connectivity index (χ1n) is 5.92. The molecule has 0 aliphatic rings. The van der Waals surface area contributed by atoms with Gasteiger partial charge in [0.05, 0.1) is 15.0 Å². The fourth-order valence-electron chi connectivity index (χ4n) is 1.85. The highest BCUT2D eigenvalue weighted by molar-refractivity contribution is 14.1. The molecular weight excluding hydrogens is 337 g/mol. The van der Waals surface area contributed by atoms with E-state index in [4.69, 9.17) is 5.73 Å². The third kappa shape index (κ3) is 2.39. The van der Waals surface area contributed by atoms with Gasteiger partial charge in [0.1, 0.15) is 5.82 Å². The Morgan fingerprint density at radius 3 is 2.44 bits per heavy atom. The maximum atomic E-state index is 6.18. The van der Waals surface area contributed by atoms with E-state index in [-0.39, 0.29) is 5.41 Å². The summed E-state index contributed by atoms with van der Waals surface area (Å²) < 4.78 is 2.87. The number of benzene rings is 1. The molecule has 0 atom stereocenters.